The minimum absolute atomic E-state index is 0.253. The fourth-order valence-electron chi connectivity index (χ4n) is 3.14. The van der Waals surface area contributed by atoms with Crippen LogP contribution in [0.4, 0.5) is 0 Å². The third kappa shape index (κ3) is 2.87. The summed E-state index contributed by atoms with van der Waals surface area (Å²) in [4.78, 5) is 0. The van der Waals surface area contributed by atoms with E-state index in [1.807, 2.05) is 12.1 Å². The van der Waals surface area contributed by atoms with Crippen LogP contribution < -0.4 is 5.32 Å². The Morgan fingerprint density at radius 1 is 1.23 bits per heavy atom. The fraction of sp³-hybridized carbons (Fsp3) is 0.400. The molecule has 0 fully saturated rings. The number of rotatable bonds is 2. The SMILES string of the molecule is CS(=O)(=O)N1C(=S)NC2=C(CCCC2)C1c1ccc(Cl)cc1. The third-order valence-corrected chi connectivity index (χ3v) is 5.85. The highest BCUT2D eigenvalue weighted by Crippen LogP contribution is 2.41. The van der Waals surface area contributed by atoms with Gasteiger partial charge in [0.2, 0.25) is 10.0 Å². The van der Waals surface area contributed by atoms with Crippen LogP contribution in [-0.2, 0) is 10.0 Å². The second kappa shape index (κ2) is 5.83. The number of benzene rings is 1. The summed E-state index contributed by atoms with van der Waals surface area (Å²) in [7, 11) is -3.47. The summed E-state index contributed by atoms with van der Waals surface area (Å²) < 4.78 is 25.9. The van der Waals surface area contributed by atoms with Gasteiger partial charge in [0.15, 0.2) is 5.11 Å². The van der Waals surface area contributed by atoms with Gasteiger partial charge in [0.25, 0.3) is 0 Å². The molecule has 0 bridgehead atoms. The number of hydrogen-bond donors (Lipinski definition) is 1. The van der Waals surface area contributed by atoms with E-state index >= 15 is 0 Å². The molecule has 22 heavy (non-hydrogen) atoms. The smallest absolute Gasteiger partial charge is 0.234 e. The number of thiocarbonyl (C=S) groups is 1. The lowest BCUT2D eigenvalue weighted by molar-refractivity contribution is 0.431. The topological polar surface area (TPSA) is 49.4 Å². The Kier molecular flexibility index (Phi) is 4.18. The fourth-order valence-corrected chi connectivity index (χ4v) is 4.88. The first-order chi connectivity index (χ1) is 10.4. The second-order valence-electron chi connectivity index (χ2n) is 5.65. The molecule has 0 radical (unpaired) electrons. The van der Waals surface area contributed by atoms with Crippen molar-refractivity contribution in [3.05, 3.63) is 46.1 Å². The van der Waals surface area contributed by atoms with Crippen molar-refractivity contribution < 1.29 is 8.42 Å². The first kappa shape index (κ1) is 15.8. The molecule has 2 aliphatic rings. The van der Waals surface area contributed by atoms with Crippen LogP contribution in [0.2, 0.25) is 5.02 Å². The normalized spacial score (nSPS) is 22.4. The Morgan fingerprint density at radius 2 is 1.86 bits per heavy atom. The first-order valence-corrected chi connectivity index (χ1v) is 9.79. The van der Waals surface area contributed by atoms with E-state index in [0.717, 1.165) is 42.5 Å². The molecule has 1 aliphatic heterocycles. The summed E-state index contributed by atoms with van der Waals surface area (Å²) in [6, 6.07) is 6.95. The monoisotopic (exact) mass is 356 g/mol. The van der Waals surface area contributed by atoms with Gasteiger partial charge in [-0.05, 0) is 61.2 Å². The van der Waals surface area contributed by atoms with E-state index in [0.29, 0.717) is 5.02 Å². The van der Waals surface area contributed by atoms with Gasteiger partial charge < -0.3 is 5.32 Å². The molecule has 1 aromatic carbocycles. The molecule has 0 saturated carbocycles. The van der Waals surface area contributed by atoms with E-state index in [1.54, 1.807) is 12.1 Å². The van der Waals surface area contributed by atoms with Crippen molar-refractivity contribution in [3.63, 3.8) is 0 Å². The number of halogens is 1. The molecule has 0 spiro atoms. The molecule has 0 amide bonds. The predicted octanol–water partition coefficient (Wildman–Crippen LogP) is 3.36. The van der Waals surface area contributed by atoms with Gasteiger partial charge in [-0.3, -0.25) is 0 Å². The molecule has 1 aliphatic carbocycles. The summed E-state index contributed by atoms with van der Waals surface area (Å²) in [5.41, 5.74) is 3.09. The Balaban J connectivity index is 2.16. The van der Waals surface area contributed by atoms with Crippen LogP contribution in [0, 0.1) is 0 Å². The van der Waals surface area contributed by atoms with Crippen molar-refractivity contribution >= 4 is 39.0 Å². The van der Waals surface area contributed by atoms with Crippen molar-refractivity contribution in [1.29, 1.82) is 0 Å². The lowest BCUT2D eigenvalue weighted by Gasteiger charge is -2.41. The third-order valence-electron chi connectivity index (χ3n) is 4.08. The van der Waals surface area contributed by atoms with Crippen molar-refractivity contribution in [1.82, 2.24) is 9.62 Å². The Labute approximate surface area is 141 Å². The minimum Gasteiger partial charge on any atom is -0.335 e. The summed E-state index contributed by atoms with van der Waals surface area (Å²) in [6.45, 7) is 0. The van der Waals surface area contributed by atoms with Gasteiger partial charge in [-0.15, -0.1) is 0 Å². The molecule has 1 unspecified atom stereocenters. The van der Waals surface area contributed by atoms with Crippen LogP contribution in [-0.4, -0.2) is 24.1 Å². The maximum absolute atomic E-state index is 12.3. The van der Waals surface area contributed by atoms with Crippen molar-refractivity contribution in [2.24, 2.45) is 0 Å². The number of hydrogen-bond acceptors (Lipinski definition) is 3. The summed E-state index contributed by atoms with van der Waals surface area (Å²) >= 11 is 11.3. The van der Waals surface area contributed by atoms with Gasteiger partial charge in [0.05, 0.1) is 12.3 Å². The van der Waals surface area contributed by atoms with Crippen LogP contribution >= 0.6 is 23.8 Å². The molecule has 1 aromatic rings. The highest BCUT2D eigenvalue weighted by atomic mass is 35.5. The number of allylic oxidation sites excluding steroid dienone is 1. The zero-order valence-electron chi connectivity index (χ0n) is 12.2. The molecular weight excluding hydrogens is 340 g/mol. The van der Waals surface area contributed by atoms with Gasteiger partial charge in [0, 0.05) is 10.7 Å². The first-order valence-electron chi connectivity index (χ1n) is 7.15. The zero-order chi connectivity index (χ0) is 15.9. The number of nitrogens with zero attached hydrogens (tertiary/aromatic N) is 1. The molecule has 118 valence electrons. The van der Waals surface area contributed by atoms with E-state index in [-0.39, 0.29) is 11.2 Å². The van der Waals surface area contributed by atoms with Crippen molar-refractivity contribution in [3.8, 4) is 0 Å². The van der Waals surface area contributed by atoms with Crippen LogP contribution in [0.15, 0.2) is 35.5 Å². The van der Waals surface area contributed by atoms with E-state index in [9.17, 15) is 8.42 Å². The van der Waals surface area contributed by atoms with Gasteiger partial charge in [-0.25, -0.2) is 12.7 Å². The van der Waals surface area contributed by atoms with E-state index < -0.39 is 10.0 Å². The van der Waals surface area contributed by atoms with Gasteiger partial charge in [-0.2, -0.15) is 0 Å². The minimum atomic E-state index is -3.47. The average Bonchev–Trinajstić information content (AvgIpc) is 2.45. The lowest BCUT2D eigenvalue weighted by atomic mass is 9.86. The summed E-state index contributed by atoms with van der Waals surface area (Å²) in [5, 5.41) is 4.00. The lowest BCUT2D eigenvalue weighted by Crippen LogP contribution is -2.50. The Hall–Kier alpha value is -1.11. The molecule has 4 nitrogen and oxygen atoms in total. The van der Waals surface area contributed by atoms with Gasteiger partial charge >= 0.3 is 0 Å². The van der Waals surface area contributed by atoms with Gasteiger partial charge in [-0.1, -0.05) is 23.7 Å². The van der Waals surface area contributed by atoms with Crippen LogP contribution in [0.1, 0.15) is 37.3 Å². The summed E-state index contributed by atoms with van der Waals surface area (Å²) in [5.74, 6) is 0. The number of nitrogens with one attached hydrogen (secondary N) is 1. The largest absolute Gasteiger partial charge is 0.335 e. The van der Waals surface area contributed by atoms with Crippen LogP contribution in [0.5, 0.6) is 0 Å². The second-order valence-corrected chi connectivity index (χ2v) is 8.34. The molecule has 1 atom stereocenters. The standard InChI is InChI=1S/C15H17ClN2O2S2/c1-22(19,20)18-14(10-6-8-11(16)9-7-10)12-4-2-3-5-13(12)17-15(18)21/h6-9,14H,2-5H2,1H3,(H,17,21). The van der Waals surface area contributed by atoms with Crippen LogP contribution in [0.25, 0.3) is 0 Å². The van der Waals surface area contributed by atoms with Crippen LogP contribution in [0.3, 0.4) is 0 Å². The Morgan fingerprint density at radius 3 is 2.50 bits per heavy atom. The van der Waals surface area contributed by atoms with Gasteiger partial charge in [0.1, 0.15) is 0 Å². The van der Waals surface area contributed by atoms with E-state index in [4.69, 9.17) is 23.8 Å². The maximum atomic E-state index is 12.3. The molecular formula is C15H17ClN2O2S2. The van der Waals surface area contributed by atoms with Crippen molar-refractivity contribution in [2.75, 3.05) is 6.26 Å². The highest BCUT2D eigenvalue weighted by molar-refractivity contribution is 7.90. The average molecular weight is 357 g/mol. The maximum Gasteiger partial charge on any atom is 0.234 e. The van der Waals surface area contributed by atoms with Crippen molar-refractivity contribution in [2.45, 2.75) is 31.7 Å². The Bertz CT molecular complexity index is 741. The number of sulfonamides is 1. The van der Waals surface area contributed by atoms with E-state index in [1.165, 1.54) is 10.6 Å². The molecule has 3 rings (SSSR count). The van der Waals surface area contributed by atoms with E-state index in [2.05, 4.69) is 5.32 Å². The highest BCUT2D eigenvalue weighted by Gasteiger charge is 2.39. The molecule has 7 heteroatoms. The molecule has 1 heterocycles. The summed E-state index contributed by atoms with van der Waals surface area (Å²) in [6.07, 6.45) is 5.15. The molecule has 0 saturated heterocycles. The zero-order valence-corrected chi connectivity index (χ0v) is 14.6. The quantitative estimate of drug-likeness (QED) is 0.825. The predicted molar refractivity (Wildman–Crippen MR) is 92.1 cm³/mol. The molecule has 0 aromatic heterocycles. The molecule has 1 N–H and O–H groups in total.